The van der Waals surface area contributed by atoms with Crippen molar-refractivity contribution in [2.45, 2.75) is 44.4 Å². The van der Waals surface area contributed by atoms with E-state index in [1.807, 2.05) is 16.7 Å². The normalized spacial score (nSPS) is 31.6. The van der Waals surface area contributed by atoms with Crippen molar-refractivity contribution in [2.75, 3.05) is 25.4 Å². The van der Waals surface area contributed by atoms with Crippen molar-refractivity contribution in [1.82, 2.24) is 9.80 Å². The van der Waals surface area contributed by atoms with Gasteiger partial charge in [-0.25, -0.2) is 4.79 Å². The Bertz CT molecular complexity index is 253. The zero-order chi connectivity index (χ0) is 11.5. The van der Waals surface area contributed by atoms with Crippen LogP contribution in [0.2, 0.25) is 0 Å². The molecule has 2 fully saturated rings. The van der Waals surface area contributed by atoms with Gasteiger partial charge in [0.2, 0.25) is 0 Å². The molecule has 92 valence electrons. The molecule has 0 aliphatic carbocycles. The molecule has 0 aromatic carbocycles. The van der Waals surface area contributed by atoms with E-state index in [9.17, 15) is 4.79 Å². The average molecular weight is 242 g/mol. The topological polar surface area (TPSA) is 23.6 Å². The number of carbonyl (C=O) groups excluding carboxylic acids is 1. The standard InChI is InChI=1S/C12H22N2OS/c1-10-11(2)16-9-8-14(10)12(15)13-6-4-3-5-7-13/h10-11H,3-9H2,1-2H3. The van der Waals surface area contributed by atoms with Crippen molar-refractivity contribution in [3.8, 4) is 0 Å². The van der Waals surface area contributed by atoms with E-state index in [2.05, 4.69) is 18.7 Å². The van der Waals surface area contributed by atoms with Gasteiger partial charge in [-0.15, -0.1) is 0 Å². The largest absolute Gasteiger partial charge is 0.325 e. The quantitative estimate of drug-likeness (QED) is 0.651. The van der Waals surface area contributed by atoms with E-state index in [1.54, 1.807) is 0 Å². The Morgan fingerprint density at radius 1 is 1.12 bits per heavy atom. The van der Waals surface area contributed by atoms with Crippen LogP contribution in [-0.2, 0) is 0 Å². The van der Waals surface area contributed by atoms with Crippen LogP contribution in [0.3, 0.4) is 0 Å². The highest BCUT2D eigenvalue weighted by Gasteiger charge is 2.31. The first-order valence-corrected chi connectivity index (χ1v) is 7.42. The maximum absolute atomic E-state index is 12.4. The number of thioether (sulfide) groups is 1. The Morgan fingerprint density at radius 3 is 2.50 bits per heavy atom. The first-order valence-electron chi connectivity index (χ1n) is 6.37. The molecule has 3 nitrogen and oxygen atoms in total. The molecule has 0 aromatic heterocycles. The number of rotatable bonds is 0. The lowest BCUT2D eigenvalue weighted by Crippen LogP contribution is -2.54. The van der Waals surface area contributed by atoms with Crippen LogP contribution in [0.4, 0.5) is 4.79 Å². The minimum absolute atomic E-state index is 0.277. The number of likely N-dealkylation sites (tertiary alicyclic amines) is 1. The van der Waals surface area contributed by atoms with Crippen LogP contribution in [0, 0.1) is 0 Å². The van der Waals surface area contributed by atoms with Crippen molar-refractivity contribution >= 4 is 17.8 Å². The predicted octanol–water partition coefficient (Wildman–Crippen LogP) is 2.42. The maximum atomic E-state index is 12.4. The molecule has 0 spiro atoms. The third kappa shape index (κ3) is 2.47. The maximum Gasteiger partial charge on any atom is 0.320 e. The molecule has 2 saturated heterocycles. The molecule has 2 aliphatic heterocycles. The zero-order valence-corrected chi connectivity index (χ0v) is 11.1. The van der Waals surface area contributed by atoms with Gasteiger partial charge in [-0.3, -0.25) is 0 Å². The van der Waals surface area contributed by atoms with Gasteiger partial charge in [0.1, 0.15) is 0 Å². The molecule has 0 bridgehead atoms. The van der Waals surface area contributed by atoms with Crippen LogP contribution in [-0.4, -0.2) is 52.5 Å². The molecule has 2 amide bonds. The van der Waals surface area contributed by atoms with Gasteiger partial charge in [-0.1, -0.05) is 6.92 Å². The number of hydrogen-bond donors (Lipinski definition) is 0. The second kappa shape index (κ2) is 5.30. The van der Waals surface area contributed by atoms with E-state index in [0.717, 1.165) is 25.4 Å². The Kier molecular flexibility index (Phi) is 4.00. The molecule has 0 radical (unpaired) electrons. The first-order chi connectivity index (χ1) is 7.70. The van der Waals surface area contributed by atoms with Crippen molar-refractivity contribution < 1.29 is 4.79 Å². The highest BCUT2D eigenvalue weighted by molar-refractivity contribution is 8.00. The Hall–Kier alpha value is -0.380. The summed E-state index contributed by atoms with van der Waals surface area (Å²) in [5.41, 5.74) is 0. The van der Waals surface area contributed by atoms with Crippen LogP contribution in [0.5, 0.6) is 0 Å². The van der Waals surface area contributed by atoms with E-state index >= 15 is 0 Å². The molecule has 0 saturated carbocycles. The minimum Gasteiger partial charge on any atom is -0.325 e. The lowest BCUT2D eigenvalue weighted by Gasteiger charge is -2.41. The summed E-state index contributed by atoms with van der Waals surface area (Å²) in [6.07, 6.45) is 3.64. The van der Waals surface area contributed by atoms with Crippen LogP contribution < -0.4 is 0 Å². The van der Waals surface area contributed by atoms with Crippen molar-refractivity contribution in [1.29, 1.82) is 0 Å². The van der Waals surface area contributed by atoms with E-state index < -0.39 is 0 Å². The van der Waals surface area contributed by atoms with Gasteiger partial charge in [0.15, 0.2) is 0 Å². The SMILES string of the molecule is CC1SCCN(C(=O)N2CCCCC2)C1C. The van der Waals surface area contributed by atoms with Crippen LogP contribution in [0.15, 0.2) is 0 Å². The Morgan fingerprint density at radius 2 is 1.81 bits per heavy atom. The van der Waals surface area contributed by atoms with Crippen molar-refractivity contribution in [2.24, 2.45) is 0 Å². The van der Waals surface area contributed by atoms with Gasteiger partial charge in [0.05, 0.1) is 0 Å². The molecule has 2 atom stereocenters. The first kappa shape index (κ1) is 12.1. The van der Waals surface area contributed by atoms with E-state index in [-0.39, 0.29) is 6.03 Å². The van der Waals surface area contributed by atoms with E-state index in [4.69, 9.17) is 0 Å². The number of piperidine rings is 1. The zero-order valence-electron chi connectivity index (χ0n) is 10.3. The summed E-state index contributed by atoms with van der Waals surface area (Å²) < 4.78 is 0. The summed E-state index contributed by atoms with van der Waals surface area (Å²) in [7, 11) is 0. The van der Waals surface area contributed by atoms with Crippen LogP contribution in [0.25, 0.3) is 0 Å². The van der Waals surface area contributed by atoms with Crippen molar-refractivity contribution in [3.05, 3.63) is 0 Å². The van der Waals surface area contributed by atoms with E-state index in [1.165, 1.54) is 19.3 Å². The number of amides is 2. The molecule has 2 unspecified atom stereocenters. The fourth-order valence-electron chi connectivity index (χ4n) is 2.47. The van der Waals surface area contributed by atoms with Crippen molar-refractivity contribution in [3.63, 3.8) is 0 Å². The third-order valence-corrected chi connectivity index (χ3v) is 5.09. The van der Waals surface area contributed by atoms with E-state index in [0.29, 0.717) is 11.3 Å². The van der Waals surface area contributed by atoms with Gasteiger partial charge >= 0.3 is 6.03 Å². The number of nitrogens with zero attached hydrogens (tertiary/aromatic N) is 2. The lowest BCUT2D eigenvalue weighted by molar-refractivity contribution is 0.129. The molecule has 0 N–H and O–H groups in total. The second-order valence-corrected chi connectivity index (χ2v) is 6.33. The molecule has 16 heavy (non-hydrogen) atoms. The summed E-state index contributed by atoms with van der Waals surface area (Å²) in [5.74, 6) is 1.09. The summed E-state index contributed by atoms with van der Waals surface area (Å²) in [6.45, 7) is 7.25. The highest BCUT2D eigenvalue weighted by atomic mass is 32.2. The molecular weight excluding hydrogens is 220 g/mol. The van der Waals surface area contributed by atoms with Gasteiger partial charge in [0, 0.05) is 36.7 Å². The number of urea groups is 1. The molecule has 2 rings (SSSR count). The van der Waals surface area contributed by atoms with Gasteiger partial charge < -0.3 is 9.80 Å². The highest BCUT2D eigenvalue weighted by Crippen LogP contribution is 2.25. The predicted molar refractivity (Wildman–Crippen MR) is 68.9 cm³/mol. The van der Waals surface area contributed by atoms with Crippen LogP contribution in [0.1, 0.15) is 33.1 Å². The molecule has 0 aromatic rings. The van der Waals surface area contributed by atoms with Gasteiger partial charge in [-0.05, 0) is 26.2 Å². The summed E-state index contributed by atoms with van der Waals surface area (Å²) in [6, 6.07) is 0.660. The fourth-order valence-corrected chi connectivity index (χ4v) is 3.57. The second-order valence-electron chi connectivity index (χ2n) is 4.84. The summed E-state index contributed by atoms with van der Waals surface area (Å²) in [4.78, 5) is 16.5. The number of hydrogen-bond acceptors (Lipinski definition) is 2. The van der Waals surface area contributed by atoms with Gasteiger partial charge in [-0.2, -0.15) is 11.8 Å². The lowest BCUT2D eigenvalue weighted by atomic mass is 10.1. The summed E-state index contributed by atoms with van der Waals surface area (Å²) >= 11 is 1.98. The number of carbonyl (C=O) groups is 1. The third-order valence-electron chi connectivity index (χ3n) is 3.76. The van der Waals surface area contributed by atoms with Crippen LogP contribution >= 0.6 is 11.8 Å². The Balaban J connectivity index is 1.96. The minimum atomic E-state index is 0.277. The van der Waals surface area contributed by atoms with Gasteiger partial charge in [0.25, 0.3) is 0 Å². The summed E-state index contributed by atoms with van der Waals surface area (Å²) in [5, 5.41) is 0.572. The molecular formula is C12H22N2OS. The smallest absolute Gasteiger partial charge is 0.320 e. The Labute approximate surface area is 103 Å². The fraction of sp³-hybridized carbons (Fsp3) is 0.917. The average Bonchev–Trinajstić information content (AvgIpc) is 2.33. The molecule has 2 heterocycles. The molecule has 2 aliphatic rings. The molecule has 4 heteroatoms. The monoisotopic (exact) mass is 242 g/mol.